The monoisotopic (exact) mass is 359 g/mol. The maximum Gasteiger partial charge on any atom is 0.317 e. The summed E-state index contributed by atoms with van der Waals surface area (Å²) in [5, 5.41) is 6.02. The lowest BCUT2D eigenvalue weighted by molar-refractivity contribution is -0.125. The van der Waals surface area contributed by atoms with Crippen molar-refractivity contribution in [2.45, 2.75) is 38.6 Å². The van der Waals surface area contributed by atoms with Gasteiger partial charge in [-0.3, -0.25) is 4.79 Å². The SMILES string of the molecule is COc1ccc(C2CN(C(=O)NC(C)C)CC2C(=O)NCC2CC2)cc1. The molecule has 1 aromatic rings. The van der Waals surface area contributed by atoms with E-state index in [1.165, 1.54) is 12.8 Å². The van der Waals surface area contributed by atoms with Crippen LogP contribution >= 0.6 is 0 Å². The van der Waals surface area contributed by atoms with E-state index >= 15 is 0 Å². The Morgan fingerprint density at radius 3 is 2.46 bits per heavy atom. The number of hydrogen-bond acceptors (Lipinski definition) is 3. The Kier molecular flexibility index (Phi) is 5.69. The van der Waals surface area contributed by atoms with Crippen LogP contribution in [0.3, 0.4) is 0 Å². The number of nitrogens with one attached hydrogen (secondary N) is 2. The molecule has 1 aliphatic carbocycles. The molecule has 1 aliphatic heterocycles. The second-order valence-corrected chi connectivity index (χ2v) is 7.68. The second-order valence-electron chi connectivity index (χ2n) is 7.68. The fourth-order valence-electron chi connectivity index (χ4n) is 3.46. The third kappa shape index (κ3) is 4.48. The van der Waals surface area contributed by atoms with Gasteiger partial charge in [-0.05, 0) is 50.3 Å². The molecule has 0 radical (unpaired) electrons. The zero-order valence-electron chi connectivity index (χ0n) is 15.8. The number of urea groups is 1. The maximum absolute atomic E-state index is 12.8. The predicted octanol–water partition coefficient (Wildman–Crippen LogP) is 2.35. The van der Waals surface area contributed by atoms with Gasteiger partial charge in [-0.1, -0.05) is 12.1 Å². The smallest absolute Gasteiger partial charge is 0.317 e. The van der Waals surface area contributed by atoms with Gasteiger partial charge in [0.25, 0.3) is 0 Å². The van der Waals surface area contributed by atoms with E-state index in [2.05, 4.69) is 10.6 Å². The summed E-state index contributed by atoms with van der Waals surface area (Å²) < 4.78 is 5.23. The van der Waals surface area contributed by atoms with Crippen molar-refractivity contribution in [1.82, 2.24) is 15.5 Å². The van der Waals surface area contributed by atoms with E-state index < -0.39 is 0 Å². The van der Waals surface area contributed by atoms with Crippen LogP contribution in [0.2, 0.25) is 0 Å². The molecule has 0 aromatic heterocycles. The Labute approximate surface area is 155 Å². The molecule has 26 heavy (non-hydrogen) atoms. The number of amides is 3. The standard InChI is InChI=1S/C20H29N3O3/c1-13(2)22-20(25)23-11-17(15-6-8-16(26-3)9-7-15)18(12-23)19(24)21-10-14-4-5-14/h6-9,13-14,17-18H,4-5,10-12H2,1-3H3,(H,21,24)(H,22,25). The molecule has 0 bridgehead atoms. The molecule has 1 aromatic carbocycles. The molecule has 1 saturated heterocycles. The van der Waals surface area contributed by atoms with Crippen molar-refractivity contribution < 1.29 is 14.3 Å². The number of methoxy groups -OCH3 is 1. The van der Waals surface area contributed by atoms with Crippen LogP contribution in [0.25, 0.3) is 0 Å². The minimum absolute atomic E-state index is 0.00183. The molecular formula is C20H29N3O3. The van der Waals surface area contributed by atoms with Crippen molar-refractivity contribution in [3.8, 4) is 5.75 Å². The predicted molar refractivity (Wildman–Crippen MR) is 100 cm³/mol. The van der Waals surface area contributed by atoms with Crippen LogP contribution in [0.4, 0.5) is 4.79 Å². The van der Waals surface area contributed by atoms with E-state index in [0.29, 0.717) is 19.0 Å². The first kappa shape index (κ1) is 18.5. The van der Waals surface area contributed by atoms with Crippen LogP contribution in [0.15, 0.2) is 24.3 Å². The minimum Gasteiger partial charge on any atom is -0.497 e. The molecule has 2 unspecified atom stereocenters. The summed E-state index contributed by atoms with van der Waals surface area (Å²) in [6.07, 6.45) is 2.41. The Bertz CT molecular complexity index is 640. The molecule has 2 N–H and O–H groups in total. The average molecular weight is 359 g/mol. The van der Waals surface area contributed by atoms with Gasteiger partial charge in [-0.15, -0.1) is 0 Å². The van der Waals surface area contributed by atoms with Crippen molar-refractivity contribution in [1.29, 1.82) is 0 Å². The van der Waals surface area contributed by atoms with Crippen LogP contribution in [-0.4, -0.2) is 49.6 Å². The zero-order valence-corrected chi connectivity index (χ0v) is 15.8. The highest BCUT2D eigenvalue weighted by Gasteiger charge is 2.40. The Hall–Kier alpha value is -2.24. The van der Waals surface area contributed by atoms with E-state index in [9.17, 15) is 9.59 Å². The molecule has 3 rings (SSSR count). The molecule has 1 heterocycles. The summed E-state index contributed by atoms with van der Waals surface area (Å²) in [6, 6.07) is 7.78. The summed E-state index contributed by atoms with van der Waals surface area (Å²) in [7, 11) is 1.64. The van der Waals surface area contributed by atoms with E-state index in [1.807, 2.05) is 38.1 Å². The second kappa shape index (κ2) is 7.98. The fraction of sp³-hybridized carbons (Fsp3) is 0.600. The van der Waals surface area contributed by atoms with Crippen LogP contribution in [-0.2, 0) is 4.79 Å². The lowest BCUT2D eigenvalue weighted by Crippen LogP contribution is -2.42. The van der Waals surface area contributed by atoms with E-state index in [1.54, 1.807) is 12.0 Å². The number of benzene rings is 1. The fourth-order valence-corrected chi connectivity index (χ4v) is 3.46. The van der Waals surface area contributed by atoms with Crippen molar-refractivity contribution in [2.24, 2.45) is 11.8 Å². The van der Waals surface area contributed by atoms with Gasteiger partial charge in [0.2, 0.25) is 5.91 Å². The molecule has 3 amide bonds. The van der Waals surface area contributed by atoms with E-state index in [4.69, 9.17) is 4.74 Å². The average Bonchev–Trinajstić information content (AvgIpc) is 3.35. The summed E-state index contributed by atoms with van der Waals surface area (Å²) in [5.74, 6) is 1.26. The molecule has 0 spiro atoms. The largest absolute Gasteiger partial charge is 0.497 e. The Morgan fingerprint density at radius 2 is 1.88 bits per heavy atom. The van der Waals surface area contributed by atoms with E-state index in [0.717, 1.165) is 17.9 Å². The maximum atomic E-state index is 12.8. The van der Waals surface area contributed by atoms with Gasteiger partial charge in [0.1, 0.15) is 5.75 Å². The lowest BCUT2D eigenvalue weighted by Gasteiger charge is -2.19. The first-order valence-corrected chi connectivity index (χ1v) is 9.45. The van der Waals surface area contributed by atoms with Crippen molar-refractivity contribution in [2.75, 3.05) is 26.7 Å². The van der Waals surface area contributed by atoms with Crippen LogP contribution in [0.1, 0.15) is 38.2 Å². The third-order valence-corrected chi connectivity index (χ3v) is 5.16. The van der Waals surface area contributed by atoms with Crippen LogP contribution in [0.5, 0.6) is 5.75 Å². The van der Waals surface area contributed by atoms with Gasteiger partial charge < -0.3 is 20.3 Å². The summed E-state index contributed by atoms with van der Waals surface area (Å²) in [6.45, 7) is 5.63. The minimum atomic E-state index is -0.222. The highest BCUT2D eigenvalue weighted by molar-refractivity contribution is 5.83. The number of carbonyl (C=O) groups is 2. The molecule has 1 saturated carbocycles. The highest BCUT2D eigenvalue weighted by Crippen LogP contribution is 2.34. The number of carbonyl (C=O) groups excluding carboxylic acids is 2. The van der Waals surface area contributed by atoms with Gasteiger partial charge in [0.05, 0.1) is 13.0 Å². The molecule has 6 nitrogen and oxygen atoms in total. The molecule has 6 heteroatoms. The quantitative estimate of drug-likeness (QED) is 0.819. The number of hydrogen-bond donors (Lipinski definition) is 2. The van der Waals surface area contributed by atoms with E-state index in [-0.39, 0.29) is 29.8 Å². The Balaban J connectivity index is 1.74. The summed E-state index contributed by atoms with van der Waals surface area (Å²) >= 11 is 0. The van der Waals surface area contributed by atoms with Crippen LogP contribution in [0, 0.1) is 11.8 Å². The van der Waals surface area contributed by atoms with Gasteiger partial charge in [-0.25, -0.2) is 4.79 Å². The first-order chi connectivity index (χ1) is 12.5. The zero-order chi connectivity index (χ0) is 18.7. The third-order valence-electron chi connectivity index (χ3n) is 5.16. The van der Waals surface area contributed by atoms with Gasteiger partial charge in [0, 0.05) is 31.6 Å². The van der Waals surface area contributed by atoms with Crippen LogP contribution < -0.4 is 15.4 Å². The lowest BCUT2D eigenvalue weighted by atomic mass is 9.88. The Morgan fingerprint density at radius 1 is 1.19 bits per heavy atom. The molecular weight excluding hydrogens is 330 g/mol. The van der Waals surface area contributed by atoms with Gasteiger partial charge in [-0.2, -0.15) is 0 Å². The number of nitrogens with zero attached hydrogens (tertiary/aromatic N) is 1. The van der Waals surface area contributed by atoms with Crippen molar-refractivity contribution in [3.63, 3.8) is 0 Å². The molecule has 2 fully saturated rings. The van der Waals surface area contributed by atoms with Gasteiger partial charge >= 0.3 is 6.03 Å². The van der Waals surface area contributed by atoms with Crippen molar-refractivity contribution in [3.05, 3.63) is 29.8 Å². The number of rotatable bonds is 6. The topological polar surface area (TPSA) is 70.7 Å². The van der Waals surface area contributed by atoms with Crippen molar-refractivity contribution >= 4 is 11.9 Å². The summed E-state index contributed by atoms with van der Waals surface area (Å²) in [4.78, 5) is 27.0. The highest BCUT2D eigenvalue weighted by atomic mass is 16.5. The van der Waals surface area contributed by atoms with Gasteiger partial charge in [0.15, 0.2) is 0 Å². The number of likely N-dealkylation sites (tertiary alicyclic amines) is 1. The molecule has 2 atom stereocenters. The summed E-state index contributed by atoms with van der Waals surface area (Å²) in [5.41, 5.74) is 1.07. The first-order valence-electron chi connectivity index (χ1n) is 9.45. The molecule has 142 valence electrons. The number of ether oxygens (including phenoxy) is 1. The normalized spacial score (nSPS) is 22.4. The molecule has 2 aliphatic rings.